The number of para-hydroxylation sites is 1. The lowest BCUT2D eigenvalue weighted by Gasteiger charge is -2.16. The Morgan fingerprint density at radius 1 is 1.09 bits per heavy atom. The molecule has 35 heavy (non-hydrogen) atoms. The number of benzene rings is 1. The molecular formula is C27H24ClN5O2. The Kier molecular flexibility index (Phi) is 6.09. The van der Waals surface area contributed by atoms with E-state index in [-0.39, 0.29) is 12.2 Å². The molecule has 0 radical (unpaired) electrons. The maximum absolute atomic E-state index is 12.3. The van der Waals surface area contributed by atoms with Gasteiger partial charge in [-0.3, -0.25) is 14.5 Å². The molecule has 8 heteroatoms. The van der Waals surface area contributed by atoms with Crippen LogP contribution in [-0.4, -0.2) is 24.3 Å². The van der Waals surface area contributed by atoms with E-state index < -0.39 is 0 Å². The summed E-state index contributed by atoms with van der Waals surface area (Å²) in [6, 6.07) is 13.3. The van der Waals surface area contributed by atoms with Crippen molar-refractivity contribution in [2.45, 2.75) is 27.0 Å². The predicted molar refractivity (Wildman–Crippen MR) is 137 cm³/mol. The third-order valence-corrected chi connectivity index (χ3v) is 6.29. The molecule has 0 atom stereocenters. The summed E-state index contributed by atoms with van der Waals surface area (Å²) in [5, 5.41) is 5.78. The minimum Gasteiger partial charge on any atom is -0.487 e. The van der Waals surface area contributed by atoms with Gasteiger partial charge in [-0.05, 0) is 43.2 Å². The number of aromatic nitrogens is 5. The summed E-state index contributed by atoms with van der Waals surface area (Å²) >= 11 is 6.53. The summed E-state index contributed by atoms with van der Waals surface area (Å²) < 4.78 is 9.78. The fourth-order valence-electron chi connectivity index (χ4n) is 4.22. The molecule has 0 aliphatic rings. The van der Waals surface area contributed by atoms with E-state index in [0.717, 1.165) is 44.5 Å². The van der Waals surface area contributed by atoms with Crippen molar-refractivity contribution in [1.82, 2.24) is 24.3 Å². The second kappa shape index (κ2) is 9.35. The van der Waals surface area contributed by atoms with Crippen molar-refractivity contribution in [2.24, 2.45) is 7.05 Å². The second-order valence-electron chi connectivity index (χ2n) is 8.52. The highest BCUT2D eigenvalue weighted by Crippen LogP contribution is 2.33. The van der Waals surface area contributed by atoms with Crippen LogP contribution in [0.1, 0.15) is 22.4 Å². The predicted octanol–water partition coefficient (Wildman–Crippen LogP) is 5.09. The monoisotopic (exact) mass is 485 g/mol. The molecule has 0 amide bonds. The fraction of sp³-hybridized carbons (Fsp3) is 0.185. The Balaban J connectivity index is 1.51. The van der Waals surface area contributed by atoms with E-state index in [2.05, 4.69) is 16.1 Å². The summed E-state index contributed by atoms with van der Waals surface area (Å²) in [4.78, 5) is 21.4. The first-order chi connectivity index (χ1) is 16.9. The Morgan fingerprint density at radius 3 is 2.74 bits per heavy atom. The molecule has 0 aliphatic carbocycles. The SMILES string of the molecule is Cc1ccc(=O)n(Cc2cncc(Cl)c2COc2cccc3c(-c4ccnn4C)cc(C)nc23)c1. The van der Waals surface area contributed by atoms with E-state index in [1.165, 1.54) is 0 Å². The molecule has 4 heterocycles. The molecule has 0 fully saturated rings. The van der Waals surface area contributed by atoms with Crippen LogP contribution in [0.25, 0.3) is 22.2 Å². The van der Waals surface area contributed by atoms with Crippen molar-refractivity contribution >= 4 is 22.5 Å². The standard InChI is InChI=1S/C27H24ClN5O2/c1-17-7-8-26(34)33(14-17)15-19-12-29-13-23(28)22(19)16-35-25-6-4-5-20-21(11-18(2)31-27(20)25)24-9-10-30-32(24)3/h4-14H,15-16H2,1-3H3. The number of nitrogens with zero attached hydrogens (tertiary/aromatic N) is 5. The lowest BCUT2D eigenvalue weighted by molar-refractivity contribution is 0.307. The molecule has 0 saturated carbocycles. The molecule has 5 rings (SSSR count). The number of fused-ring (bicyclic) bond motifs is 1. The zero-order valence-electron chi connectivity index (χ0n) is 19.7. The van der Waals surface area contributed by atoms with Crippen molar-refractivity contribution in [2.75, 3.05) is 0 Å². The average Bonchev–Trinajstić information content (AvgIpc) is 3.26. The molecule has 4 aromatic heterocycles. The molecule has 1 aromatic carbocycles. The number of pyridine rings is 3. The van der Waals surface area contributed by atoms with E-state index in [1.807, 2.05) is 56.0 Å². The van der Waals surface area contributed by atoms with Crippen LogP contribution in [0.5, 0.6) is 5.75 Å². The van der Waals surface area contributed by atoms with Crippen LogP contribution in [0, 0.1) is 13.8 Å². The van der Waals surface area contributed by atoms with Gasteiger partial charge in [-0.1, -0.05) is 29.8 Å². The molecule has 0 N–H and O–H groups in total. The van der Waals surface area contributed by atoms with Gasteiger partial charge in [-0.25, -0.2) is 4.98 Å². The molecule has 176 valence electrons. The lowest BCUT2D eigenvalue weighted by atomic mass is 10.0. The topological polar surface area (TPSA) is 74.8 Å². The first-order valence-electron chi connectivity index (χ1n) is 11.2. The highest BCUT2D eigenvalue weighted by molar-refractivity contribution is 6.31. The number of hydrogen-bond acceptors (Lipinski definition) is 5. The molecule has 0 aliphatic heterocycles. The minimum absolute atomic E-state index is 0.0844. The van der Waals surface area contributed by atoms with Crippen molar-refractivity contribution in [1.29, 1.82) is 0 Å². The molecule has 0 spiro atoms. The van der Waals surface area contributed by atoms with Gasteiger partial charge in [0.05, 0.1) is 17.3 Å². The van der Waals surface area contributed by atoms with Crippen LogP contribution in [-0.2, 0) is 20.2 Å². The van der Waals surface area contributed by atoms with Crippen molar-refractivity contribution < 1.29 is 4.74 Å². The number of hydrogen-bond donors (Lipinski definition) is 0. The zero-order valence-corrected chi connectivity index (χ0v) is 20.5. The van der Waals surface area contributed by atoms with Gasteiger partial charge in [0.1, 0.15) is 17.9 Å². The number of aryl methyl sites for hydroxylation is 3. The van der Waals surface area contributed by atoms with E-state index in [1.54, 1.807) is 35.3 Å². The van der Waals surface area contributed by atoms with Crippen LogP contribution in [0.15, 0.2) is 72.0 Å². The van der Waals surface area contributed by atoms with Gasteiger partial charge < -0.3 is 9.30 Å². The summed E-state index contributed by atoms with van der Waals surface area (Å²) in [7, 11) is 1.92. The van der Waals surface area contributed by atoms with Gasteiger partial charge >= 0.3 is 0 Å². The lowest BCUT2D eigenvalue weighted by Crippen LogP contribution is -2.20. The van der Waals surface area contributed by atoms with Gasteiger partial charge in [0.25, 0.3) is 5.56 Å². The minimum atomic E-state index is -0.0844. The van der Waals surface area contributed by atoms with Crippen molar-refractivity contribution in [3.63, 3.8) is 0 Å². The number of halogens is 1. The van der Waals surface area contributed by atoms with Gasteiger partial charge in [0.15, 0.2) is 0 Å². The van der Waals surface area contributed by atoms with Crippen LogP contribution in [0.4, 0.5) is 0 Å². The molecular weight excluding hydrogens is 462 g/mol. The maximum atomic E-state index is 12.3. The zero-order chi connectivity index (χ0) is 24.5. The first kappa shape index (κ1) is 22.8. The van der Waals surface area contributed by atoms with Gasteiger partial charge in [0.2, 0.25) is 0 Å². The molecule has 5 aromatic rings. The number of ether oxygens (including phenoxy) is 1. The molecule has 0 saturated heterocycles. The van der Waals surface area contributed by atoms with E-state index in [9.17, 15) is 4.79 Å². The van der Waals surface area contributed by atoms with Crippen LogP contribution in [0.3, 0.4) is 0 Å². The number of rotatable bonds is 6. The largest absolute Gasteiger partial charge is 0.487 e. The van der Waals surface area contributed by atoms with Gasteiger partial charge in [0, 0.05) is 60.1 Å². The molecule has 0 bridgehead atoms. The molecule has 7 nitrogen and oxygen atoms in total. The third kappa shape index (κ3) is 4.55. The molecule has 0 unspecified atom stereocenters. The Labute approximate surface area is 207 Å². The Hall–Kier alpha value is -3.97. The average molecular weight is 486 g/mol. The van der Waals surface area contributed by atoms with E-state index in [4.69, 9.17) is 21.3 Å². The second-order valence-corrected chi connectivity index (χ2v) is 8.93. The Bertz CT molecular complexity index is 1610. The fourth-order valence-corrected chi connectivity index (χ4v) is 4.46. The highest BCUT2D eigenvalue weighted by atomic mass is 35.5. The smallest absolute Gasteiger partial charge is 0.250 e. The van der Waals surface area contributed by atoms with E-state index in [0.29, 0.717) is 17.3 Å². The highest BCUT2D eigenvalue weighted by Gasteiger charge is 2.15. The first-order valence-corrected chi connectivity index (χ1v) is 11.6. The normalized spacial score (nSPS) is 11.2. The van der Waals surface area contributed by atoms with Gasteiger partial charge in [-0.2, -0.15) is 5.10 Å². The summed E-state index contributed by atoms with van der Waals surface area (Å²) in [5.41, 5.74) is 6.21. The van der Waals surface area contributed by atoms with Crippen molar-refractivity contribution in [3.8, 4) is 17.0 Å². The maximum Gasteiger partial charge on any atom is 0.250 e. The Morgan fingerprint density at radius 2 is 1.94 bits per heavy atom. The van der Waals surface area contributed by atoms with Crippen LogP contribution < -0.4 is 10.3 Å². The summed E-state index contributed by atoms with van der Waals surface area (Å²) in [6.07, 6.45) is 6.93. The summed E-state index contributed by atoms with van der Waals surface area (Å²) in [6.45, 7) is 4.48. The third-order valence-electron chi connectivity index (χ3n) is 5.97. The van der Waals surface area contributed by atoms with E-state index >= 15 is 0 Å². The summed E-state index contributed by atoms with van der Waals surface area (Å²) in [5.74, 6) is 0.654. The van der Waals surface area contributed by atoms with Crippen LogP contribution >= 0.6 is 11.6 Å². The van der Waals surface area contributed by atoms with Crippen LogP contribution in [0.2, 0.25) is 5.02 Å². The van der Waals surface area contributed by atoms with Crippen molar-refractivity contribution in [3.05, 3.63) is 105 Å². The van der Waals surface area contributed by atoms with Gasteiger partial charge in [-0.15, -0.1) is 0 Å². The quantitative estimate of drug-likeness (QED) is 0.335.